The molecule has 0 atom stereocenters. The van der Waals surface area contributed by atoms with Crippen molar-refractivity contribution in [3.05, 3.63) is 95.4 Å². The highest BCUT2D eigenvalue weighted by Gasteiger charge is 2.27. The first-order valence-electron chi connectivity index (χ1n) is 9.71. The van der Waals surface area contributed by atoms with Gasteiger partial charge < -0.3 is 5.32 Å². The van der Waals surface area contributed by atoms with E-state index in [1.54, 1.807) is 12.3 Å². The number of carbonyl (C=O) groups excluding carboxylic acids is 2. The second-order valence-electron chi connectivity index (χ2n) is 7.31. The molecule has 0 aliphatic heterocycles. The largest absolute Gasteiger partial charge is 0.321 e. The summed E-state index contributed by atoms with van der Waals surface area (Å²) < 4.78 is 13.1. The predicted octanol–water partition coefficient (Wildman–Crippen LogP) is 5.42. The van der Waals surface area contributed by atoms with Gasteiger partial charge in [-0.25, -0.2) is 4.39 Å². The molecule has 1 aromatic heterocycles. The third-order valence-electron chi connectivity index (χ3n) is 5.46. The summed E-state index contributed by atoms with van der Waals surface area (Å²) >= 11 is 0. The molecule has 0 radical (unpaired) electrons. The van der Waals surface area contributed by atoms with Crippen LogP contribution in [-0.2, 0) is 6.42 Å². The Labute approximate surface area is 172 Å². The number of nitrogens with one attached hydrogen (secondary N) is 1. The summed E-state index contributed by atoms with van der Waals surface area (Å²) in [4.78, 5) is 29.6. The Morgan fingerprint density at radius 3 is 2.63 bits per heavy atom. The number of anilines is 1. The maximum Gasteiger partial charge on any atom is 0.255 e. The maximum atomic E-state index is 13.1. The first-order chi connectivity index (χ1) is 14.6. The molecule has 0 fully saturated rings. The fourth-order valence-electron chi connectivity index (χ4n) is 4.00. The van der Waals surface area contributed by atoms with Crippen LogP contribution in [0, 0.1) is 5.82 Å². The number of carbonyl (C=O) groups is 2. The molecule has 1 aliphatic rings. The Balaban J connectivity index is 1.55. The van der Waals surface area contributed by atoms with Crippen molar-refractivity contribution >= 4 is 28.3 Å². The number of hydrogen-bond donors (Lipinski definition) is 1. The lowest BCUT2D eigenvalue weighted by atomic mass is 9.94. The third-order valence-corrected chi connectivity index (χ3v) is 5.46. The number of fused-ring (bicyclic) bond motifs is 2. The molecule has 0 spiro atoms. The third kappa shape index (κ3) is 3.14. The lowest BCUT2D eigenvalue weighted by Crippen LogP contribution is -2.14. The zero-order chi connectivity index (χ0) is 20.7. The molecule has 0 bridgehead atoms. The number of ketones is 1. The van der Waals surface area contributed by atoms with Crippen molar-refractivity contribution in [2.24, 2.45) is 0 Å². The molecule has 1 amide bonds. The summed E-state index contributed by atoms with van der Waals surface area (Å²) in [6, 6.07) is 19.0. The lowest BCUT2D eigenvalue weighted by Gasteiger charge is -2.14. The van der Waals surface area contributed by atoms with Gasteiger partial charge in [-0.1, -0.05) is 18.2 Å². The highest BCUT2D eigenvalue weighted by Crippen LogP contribution is 2.37. The van der Waals surface area contributed by atoms with E-state index in [9.17, 15) is 14.0 Å². The van der Waals surface area contributed by atoms with Gasteiger partial charge in [0.05, 0.1) is 11.2 Å². The molecule has 4 aromatic rings. The average molecular weight is 396 g/mol. The molecule has 1 heterocycles. The number of Topliss-reactive ketones (excluding diaryl/α,β-unsaturated/α-hetero) is 1. The van der Waals surface area contributed by atoms with Gasteiger partial charge in [0.2, 0.25) is 0 Å². The van der Waals surface area contributed by atoms with Crippen LogP contribution in [0.2, 0.25) is 0 Å². The quantitative estimate of drug-likeness (QED) is 0.503. The minimum Gasteiger partial charge on any atom is -0.321 e. The Morgan fingerprint density at radius 2 is 1.80 bits per heavy atom. The lowest BCUT2D eigenvalue weighted by molar-refractivity contribution is 0.0995. The van der Waals surface area contributed by atoms with Gasteiger partial charge in [0, 0.05) is 29.1 Å². The number of halogens is 1. The summed E-state index contributed by atoms with van der Waals surface area (Å²) in [6.07, 6.45) is 2.81. The molecule has 5 rings (SSSR count). The Bertz CT molecular complexity index is 1310. The van der Waals surface area contributed by atoms with Gasteiger partial charge in [-0.2, -0.15) is 0 Å². The number of hydrogen-bond acceptors (Lipinski definition) is 3. The van der Waals surface area contributed by atoms with Gasteiger partial charge >= 0.3 is 0 Å². The molecule has 1 N–H and O–H groups in total. The fraction of sp³-hybridized carbons (Fsp3) is 0.0800. The summed E-state index contributed by atoms with van der Waals surface area (Å²) in [7, 11) is 0. The van der Waals surface area contributed by atoms with E-state index in [-0.39, 0.29) is 11.7 Å². The van der Waals surface area contributed by atoms with Gasteiger partial charge in [0.25, 0.3) is 5.91 Å². The molecule has 0 saturated carbocycles. The Kier molecular flexibility index (Phi) is 4.36. The summed E-state index contributed by atoms with van der Waals surface area (Å²) in [6.45, 7) is 0. The van der Waals surface area contributed by atoms with Crippen molar-refractivity contribution in [2.45, 2.75) is 12.8 Å². The molecule has 3 aromatic carbocycles. The van der Waals surface area contributed by atoms with E-state index in [0.29, 0.717) is 29.7 Å². The average Bonchev–Trinajstić information content (AvgIpc) is 3.16. The van der Waals surface area contributed by atoms with Gasteiger partial charge in [-0.3, -0.25) is 14.6 Å². The number of nitrogens with zero attached hydrogens (tertiary/aromatic N) is 1. The maximum absolute atomic E-state index is 13.1. The summed E-state index contributed by atoms with van der Waals surface area (Å²) in [5.74, 6) is -0.761. The molecule has 1 aliphatic carbocycles. The van der Waals surface area contributed by atoms with E-state index in [1.807, 2.05) is 30.3 Å². The number of pyridine rings is 1. The van der Waals surface area contributed by atoms with E-state index in [4.69, 9.17) is 0 Å². The topological polar surface area (TPSA) is 59.1 Å². The Hall–Kier alpha value is -3.86. The predicted molar refractivity (Wildman–Crippen MR) is 114 cm³/mol. The van der Waals surface area contributed by atoms with E-state index in [1.165, 1.54) is 24.3 Å². The standard InChI is InChI=1S/C25H17FN2O2/c26-18-6-3-15(4-7-18)25(30)28-22-11-8-19(20-9-12-23(29)24(20)22)16-5-10-21-17(14-16)2-1-13-27-21/h1-8,10-11,13-14H,9,12H2,(H,28,30). The molecule has 0 unspecified atom stereocenters. The zero-order valence-corrected chi connectivity index (χ0v) is 16.0. The van der Waals surface area contributed by atoms with E-state index in [2.05, 4.69) is 16.4 Å². The van der Waals surface area contributed by atoms with Crippen LogP contribution in [0.4, 0.5) is 10.1 Å². The van der Waals surface area contributed by atoms with Gasteiger partial charge in [-0.15, -0.1) is 0 Å². The van der Waals surface area contributed by atoms with Crippen molar-refractivity contribution in [3.8, 4) is 11.1 Å². The van der Waals surface area contributed by atoms with Crippen LogP contribution in [0.3, 0.4) is 0 Å². The van der Waals surface area contributed by atoms with E-state index < -0.39 is 5.82 Å². The minimum absolute atomic E-state index is 0.0173. The van der Waals surface area contributed by atoms with Crippen LogP contribution in [0.5, 0.6) is 0 Å². The van der Waals surface area contributed by atoms with Crippen molar-refractivity contribution in [1.29, 1.82) is 0 Å². The van der Waals surface area contributed by atoms with Crippen molar-refractivity contribution in [1.82, 2.24) is 4.98 Å². The van der Waals surface area contributed by atoms with Crippen molar-refractivity contribution in [3.63, 3.8) is 0 Å². The first-order valence-corrected chi connectivity index (χ1v) is 9.71. The molecular weight excluding hydrogens is 379 g/mol. The van der Waals surface area contributed by atoms with Crippen LogP contribution >= 0.6 is 0 Å². The normalized spacial score (nSPS) is 12.8. The Morgan fingerprint density at radius 1 is 0.967 bits per heavy atom. The number of benzene rings is 3. The first kappa shape index (κ1) is 18.2. The number of amides is 1. The molecular formula is C25H17FN2O2. The molecule has 0 saturated heterocycles. The smallest absolute Gasteiger partial charge is 0.255 e. The van der Waals surface area contributed by atoms with Gasteiger partial charge in [0.1, 0.15) is 5.82 Å². The monoisotopic (exact) mass is 396 g/mol. The van der Waals surface area contributed by atoms with Crippen LogP contribution < -0.4 is 5.32 Å². The highest BCUT2D eigenvalue weighted by atomic mass is 19.1. The number of rotatable bonds is 3. The number of aromatic nitrogens is 1. The van der Waals surface area contributed by atoms with Crippen LogP contribution in [0.25, 0.3) is 22.0 Å². The van der Waals surface area contributed by atoms with E-state index >= 15 is 0 Å². The second-order valence-corrected chi connectivity index (χ2v) is 7.31. The SMILES string of the molecule is O=C(Nc1ccc(-c2ccc3ncccc3c2)c2c1C(=O)CC2)c1ccc(F)cc1. The summed E-state index contributed by atoms with van der Waals surface area (Å²) in [5.41, 5.74) is 5.25. The minimum atomic E-state index is -0.405. The molecule has 5 heteroatoms. The highest BCUT2D eigenvalue weighted by molar-refractivity contribution is 6.12. The molecule has 146 valence electrons. The second kappa shape index (κ2) is 7.19. The van der Waals surface area contributed by atoms with Gasteiger partial charge in [-0.05, 0) is 71.6 Å². The van der Waals surface area contributed by atoms with Gasteiger partial charge in [0.15, 0.2) is 5.78 Å². The molecule has 30 heavy (non-hydrogen) atoms. The van der Waals surface area contributed by atoms with Crippen LogP contribution in [0.1, 0.15) is 32.7 Å². The van der Waals surface area contributed by atoms with Crippen LogP contribution in [0.15, 0.2) is 72.9 Å². The molecule has 4 nitrogen and oxygen atoms in total. The van der Waals surface area contributed by atoms with E-state index in [0.717, 1.165) is 27.6 Å². The fourth-order valence-corrected chi connectivity index (χ4v) is 4.00. The van der Waals surface area contributed by atoms with Crippen LogP contribution in [-0.4, -0.2) is 16.7 Å². The van der Waals surface area contributed by atoms with Crippen molar-refractivity contribution < 1.29 is 14.0 Å². The van der Waals surface area contributed by atoms with Crippen molar-refractivity contribution in [2.75, 3.05) is 5.32 Å². The summed E-state index contributed by atoms with van der Waals surface area (Å²) in [5, 5.41) is 3.85. The zero-order valence-electron chi connectivity index (χ0n) is 16.0.